The number of hydrogen-bond acceptors (Lipinski definition) is 7. The van der Waals surface area contributed by atoms with Crippen LogP contribution in [0.2, 0.25) is 0 Å². The molecule has 28 heavy (non-hydrogen) atoms. The van der Waals surface area contributed by atoms with Crippen LogP contribution >= 0.6 is 0 Å². The van der Waals surface area contributed by atoms with Crippen LogP contribution in [0.4, 0.5) is 0 Å². The lowest BCUT2D eigenvalue weighted by Crippen LogP contribution is -2.39. The zero-order chi connectivity index (χ0) is 20.6. The maximum atomic E-state index is 12.7. The first kappa shape index (κ1) is 20.2. The number of carbonyl (C=O) groups is 1. The summed E-state index contributed by atoms with van der Waals surface area (Å²) in [6, 6.07) is 2.90. The Kier molecular flexibility index (Phi) is 5.38. The molecule has 3 rings (SSSR count). The normalized spacial score (nSPS) is 18.2. The van der Waals surface area contributed by atoms with Crippen molar-refractivity contribution in [3.8, 4) is 11.5 Å². The third kappa shape index (κ3) is 3.71. The van der Waals surface area contributed by atoms with Gasteiger partial charge in [-0.25, -0.2) is 13.2 Å². The number of aryl methyl sites for hydroxylation is 1. The molecule has 2 heterocycles. The van der Waals surface area contributed by atoms with Gasteiger partial charge in [0.1, 0.15) is 17.1 Å². The average molecular weight is 409 g/mol. The minimum atomic E-state index is -3.11. The summed E-state index contributed by atoms with van der Waals surface area (Å²) in [4.78, 5) is 26.6. The van der Waals surface area contributed by atoms with Crippen LogP contribution in [0.25, 0.3) is 11.0 Å². The highest BCUT2D eigenvalue weighted by atomic mass is 32.2. The Morgan fingerprint density at radius 1 is 1.29 bits per heavy atom. The summed E-state index contributed by atoms with van der Waals surface area (Å²) < 4.78 is 39.4. The minimum Gasteiger partial charge on any atom is -0.496 e. The molecule has 152 valence electrons. The highest BCUT2D eigenvalue weighted by Gasteiger charge is 2.33. The predicted molar refractivity (Wildman–Crippen MR) is 104 cm³/mol. The molecule has 0 spiro atoms. The second kappa shape index (κ2) is 7.46. The quantitative estimate of drug-likeness (QED) is 0.686. The number of likely N-dealkylation sites (N-methyl/N-ethyl adjacent to an activating group) is 1. The van der Waals surface area contributed by atoms with Gasteiger partial charge >= 0.3 is 5.63 Å². The van der Waals surface area contributed by atoms with Gasteiger partial charge in [-0.2, -0.15) is 0 Å². The number of methoxy groups -OCH3 is 2. The maximum Gasteiger partial charge on any atom is 0.340 e. The van der Waals surface area contributed by atoms with E-state index in [9.17, 15) is 18.0 Å². The van der Waals surface area contributed by atoms with Crippen LogP contribution in [0.5, 0.6) is 11.5 Å². The lowest BCUT2D eigenvalue weighted by molar-refractivity contribution is -0.130. The molecule has 1 aliphatic rings. The fourth-order valence-corrected chi connectivity index (χ4v) is 5.30. The standard InChI is InChI=1S/C19H23NO7S/c1-11-14(9-17(21)20(2)12-5-6-28(23,24)10-12)19(22)27-16-8-13(25-3)7-15(26-4)18(11)16/h7-8,12H,5-6,9-10H2,1-4H3/t12-/m1/s1. The fourth-order valence-electron chi connectivity index (χ4n) is 3.53. The number of fused-ring (bicyclic) bond motifs is 1. The Hall–Kier alpha value is -2.55. The molecule has 1 saturated heterocycles. The third-order valence-electron chi connectivity index (χ3n) is 5.25. The van der Waals surface area contributed by atoms with E-state index in [-0.39, 0.29) is 35.4 Å². The number of hydrogen-bond donors (Lipinski definition) is 0. The Morgan fingerprint density at radius 3 is 2.57 bits per heavy atom. The van der Waals surface area contributed by atoms with Crippen molar-refractivity contribution >= 4 is 26.7 Å². The summed E-state index contributed by atoms with van der Waals surface area (Å²) in [7, 11) is 1.45. The molecule has 1 aliphatic heterocycles. The van der Waals surface area contributed by atoms with Crippen molar-refractivity contribution in [2.75, 3.05) is 32.8 Å². The van der Waals surface area contributed by atoms with Gasteiger partial charge in [0.15, 0.2) is 9.84 Å². The van der Waals surface area contributed by atoms with E-state index in [0.29, 0.717) is 34.5 Å². The summed E-state index contributed by atoms with van der Waals surface area (Å²) in [5.74, 6) is 0.654. The number of sulfone groups is 1. The lowest BCUT2D eigenvalue weighted by atomic mass is 10.0. The molecule has 0 saturated carbocycles. The van der Waals surface area contributed by atoms with Gasteiger partial charge in [0, 0.05) is 25.2 Å². The predicted octanol–water partition coefficient (Wildman–Crippen LogP) is 1.31. The second-order valence-electron chi connectivity index (χ2n) is 6.93. The second-order valence-corrected chi connectivity index (χ2v) is 9.16. The number of carbonyl (C=O) groups excluding carboxylic acids is 1. The molecule has 8 nitrogen and oxygen atoms in total. The van der Waals surface area contributed by atoms with Gasteiger partial charge in [0.2, 0.25) is 5.91 Å². The number of amides is 1. The highest BCUT2D eigenvalue weighted by molar-refractivity contribution is 7.91. The van der Waals surface area contributed by atoms with E-state index in [2.05, 4.69) is 0 Å². The topological polar surface area (TPSA) is 103 Å². The van der Waals surface area contributed by atoms with Gasteiger partial charge in [-0.15, -0.1) is 0 Å². The number of benzene rings is 1. The Bertz CT molecular complexity index is 1090. The van der Waals surface area contributed by atoms with E-state index < -0.39 is 15.5 Å². The van der Waals surface area contributed by atoms with Gasteiger partial charge in [-0.3, -0.25) is 4.79 Å². The first-order chi connectivity index (χ1) is 13.2. The van der Waals surface area contributed by atoms with E-state index in [1.165, 1.54) is 19.1 Å². The summed E-state index contributed by atoms with van der Waals surface area (Å²) in [5, 5.41) is 0.594. The molecule has 1 amide bonds. The molecule has 2 aromatic rings. The van der Waals surface area contributed by atoms with E-state index >= 15 is 0 Å². The van der Waals surface area contributed by atoms with E-state index in [4.69, 9.17) is 13.9 Å². The van der Waals surface area contributed by atoms with E-state index in [0.717, 1.165) is 0 Å². The largest absolute Gasteiger partial charge is 0.496 e. The van der Waals surface area contributed by atoms with Gasteiger partial charge in [-0.1, -0.05) is 0 Å². The average Bonchev–Trinajstić information content (AvgIpc) is 3.02. The van der Waals surface area contributed by atoms with Gasteiger partial charge < -0.3 is 18.8 Å². The molecule has 0 radical (unpaired) electrons. The first-order valence-corrected chi connectivity index (χ1v) is 10.6. The van der Waals surface area contributed by atoms with Crippen molar-refractivity contribution in [2.24, 2.45) is 0 Å². The summed E-state index contributed by atoms with van der Waals surface area (Å²) in [5.41, 5.74) is 0.520. The van der Waals surface area contributed by atoms with Crippen LogP contribution in [0.3, 0.4) is 0 Å². The van der Waals surface area contributed by atoms with Gasteiger partial charge in [0.05, 0.1) is 43.1 Å². The van der Waals surface area contributed by atoms with Gasteiger partial charge in [0.25, 0.3) is 0 Å². The first-order valence-electron chi connectivity index (χ1n) is 8.81. The molecular formula is C19H23NO7S. The Morgan fingerprint density at radius 2 is 2.00 bits per heavy atom. The van der Waals surface area contributed by atoms with Crippen LogP contribution in [0.15, 0.2) is 21.3 Å². The zero-order valence-electron chi connectivity index (χ0n) is 16.3. The number of rotatable bonds is 5. The molecule has 0 bridgehead atoms. The monoisotopic (exact) mass is 409 g/mol. The molecule has 1 atom stereocenters. The van der Waals surface area contributed by atoms with Crippen LogP contribution < -0.4 is 15.1 Å². The Labute approximate surface area is 162 Å². The molecule has 0 N–H and O–H groups in total. The summed E-state index contributed by atoms with van der Waals surface area (Å²) >= 11 is 0. The maximum absolute atomic E-state index is 12.7. The van der Waals surface area contributed by atoms with Crippen molar-refractivity contribution in [3.63, 3.8) is 0 Å². The Balaban J connectivity index is 1.97. The van der Waals surface area contributed by atoms with Crippen molar-refractivity contribution in [2.45, 2.75) is 25.8 Å². The SMILES string of the molecule is COc1cc(OC)c2c(C)c(CC(=O)N(C)[C@@H]3CCS(=O)(=O)C3)c(=O)oc2c1. The molecule has 1 aromatic heterocycles. The van der Waals surface area contributed by atoms with Crippen LogP contribution in [0, 0.1) is 6.92 Å². The van der Waals surface area contributed by atoms with E-state index in [1.54, 1.807) is 26.1 Å². The van der Waals surface area contributed by atoms with Crippen molar-refractivity contribution in [1.29, 1.82) is 0 Å². The van der Waals surface area contributed by atoms with Crippen molar-refractivity contribution < 1.29 is 27.1 Å². The summed E-state index contributed by atoms with van der Waals surface area (Å²) in [6.07, 6.45) is 0.232. The molecule has 9 heteroatoms. The molecular weight excluding hydrogens is 386 g/mol. The van der Waals surface area contributed by atoms with Crippen LogP contribution in [-0.4, -0.2) is 58.0 Å². The molecule has 0 unspecified atom stereocenters. The van der Waals surface area contributed by atoms with E-state index in [1.807, 2.05) is 0 Å². The smallest absolute Gasteiger partial charge is 0.340 e. The minimum absolute atomic E-state index is 0.0475. The lowest BCUT2D eigenvalue weighted by Gasteiger charge is -2.23. The van der Waals surface area contributed by atoms with Crippen molar-refractivity contribution in [3.05, 3.63) is 33.7 Å². The number of ether oxygens (including phenoxy) is 2. The van der Waals surface area contributed by atoms with Crippen LogP contribution in [-0.2, 0) is 21.1 Å². The fraction of sp³-hybridized carbons (Fsp3) is 0.474. The third-order valence-corrected chi connectivity index (χ3v) is 7.00. The summed E-state index contributed by atoms with van der Waals surface area (Å²) in [6.45, 7) is 1.73. The van der Waals surface area contributed by atoms with Crippen molar-refractivity contribution in [1.82, 2.24) is 4.90 Å². The number of nitrogens with zero attached hydrogens (tertiary/aromatic N) is 1. The van der Waals surface area contributed by atoms with Crippen LogP contribution in [0.1, 0.15) is 17.5 Å². The van der Waals surface area contributed by atoms with Gasteiger partial charge in [-0.05, 0) is 18.9 Å². The molecule has 0 aliphatic carbocycles. The zero-order valence-corrected chi connectivity index (χ0v) is 17.1. The molecule has 1 fully saturated rings. The molecule has 1 aromatic carbocycles. The highest BCUT2D eigenvalue weighted by Crippen LogP contribution is 2.34.